The van der Waals surface area contributed by atoms with Crippen molar-refractivity contribution in [3.63, 3.8) is 0 Å². The van der Waals surface area contributed by atoms with E-state index in [4.69, 9.17) is 4.74 Å². The second-order valence-corrected chi connectivity index (χ2v) is 3.22. The summed E-state index contributed by atoms with van der Waals surface area (Å²) < 4.78 is 18.5. The van der Waals surface area contributed by atoms with E-state index in [1.807, 2.05) is 6.92 Å². The Morgan fingerprint density at radius 1 is 1.43 bits per heavy atom. The minimum atomic E-state index is -0.166. The SMILES string of the molecule is C[CH]CCCc1c(F)cccc1OC. The summed E-state index contributed by atoms with van der Waals surface area (Å²) in [5.74, 6) is 0.488. The van der Waals surface area contributed by atoms with Crippen LogP contribution in [0.2, 0.25) is 0 Å². The fraction of sp³-hybridized carbons (Fsp3) is 0.417. The first-order chi connectivity index (χ1) is 6.79. The fourth-order valence-corrected chi connectivity index (χ4v) is 1.46. The van der Waals surface area contributed by atoms with Gasteiger partial charge in [0.1, 0.15) is 11.6 Å². The van der Waals surface area contributed by atoms with Crippen molar-refractivity contribution in [2.24, 2.45) is 0 Å². The molecular weight excluding hydrogens is 179 g/mol. The minimum absolute atomic E-state index is 0.166. The molecule has 2 heteroatoms. The minimum Gasteiger partial charge on any atom is -0.496 e. The molecule has 1 nitrogen and oxygen atoms in total. The zero-order chi connectivity index (χ0) is 10.4. The second-order valence-electron chi connectivity index (χ2n) is 3.22. The van der Waals surface area contributed by atoms with Gasteiger partial charge in [-0.25, -0.2) is 4.39 Å². The topological polar surface area (TPSA) is 9.23 Å². The molecule has 0 saturated heterocycles. The Hall–Kier alpha value is -1.05. The van der Waals surface area contributed by atoms with Crippen molar-refractivity contribution < 1.29 is 9.13 Å². The number of methoxy groups -OCH3 is 1. The van der Waals surface area contributed by atoms with Gasteiger partial charge in [-0.1, -0.05) is 19.4 Å². The van der Waals surface area contributed by atoms with Crippen molar-refractivity contribution in [3.05, 3.63) is 36.0 Å². The molecule has 0 saturated carbocycles. The van der Waals surface area contributed by atoms with E-state index in [9.17, 15) is 4.39 Å². The Morgan fingerprint density at radius 2 is 2.21 bits per heavy atom. The predicted molar refractivity (Wildman–Crippen MR) is 55.9 cm³/mol. The largest absolute Gasteiger partial charge is 0.496 e. The molecule has 1 radical (unpaired) electrons. The van der Waals surface area contributed by atoms with Gasteiger partial charge in [0, 0.05) is 5.56 Å². The van der Waals surface area contributed by atoms with Gasteiger partial charge in [0.25, 0.3) is 0 Å². The van der Waals surface area contributed by atoms with Gasteiger partial charge in [-0.3, -0.25) is 0 Å². The van der Waals surface area contributed by atoms with Crippen molar-refractivity contribution in [2.45, 2.75) is 26.2 Å². The summed E-state index contributed by atoms with van der Waals surface area (Å²) in [6.45, 7) is 2.01. The Labute approximate surface area is 84.9 Å². The molecule has 1 aromatic rings. The van der Waals surface area contributed by atoms with Crippen molar-refractivity contribution in [1.29, 1.82) is 0 Å². The number of rotatable bonds is 5. The number of halogens is 1. The standard InChI is InChI=1S/C12H16FO/c1-3-4-5-7-10-11(13)8-6-9-12(10)14-2/h3,6,8-9H,4-5,7H2,1-2H3. The molecule has 1 aromatic carbocycles. The van der Waals surface area contributed by atoms with Crippen molar-refractivity contribution >= 4 is 0 Å². The van der Waals surface area contributed by atoms with E-state index >= 15 is 0 Å². The molecular formula is C12H16FO. The Kier molecular flexibility index (Phi) is 4.44. The first-order valence-corrected chi connectivity index (χ1v) is 4.88. The summed E-state index contributed by atoms with van der Waals surface area (Å²) in [6, 6.07) is 4.95. The number of ether oxygens (including phenoxy) is 1. The van der Waals surface area contributed by atoms with Crippen molar-refractivity contribution in [3.8, 4) is 5.75 Å². The molecule has 0 aliphatic heterocycles. The average molecular weight is 195 g/mol. The highest BCUT2D eigenvalue weighted by Crippen LogP contribution is 2.23. The third kappa shape index (κ3) is 2.72. The summed E-state index contributed by atoms with van der Waals surface area (Å²) in [5.41, 5.74) is 0.692. The molecule has 0 bridgehead atoms. The molecule has 77 valence electrons. The maximum Gasteiger partial charge on any atom is 0.130 e. The van der Waals surface area contributed by atoms with Crippen LogP contribution in [0.25, 0.3) is 0 Å². The summed E-state index contributed by atoms with van der Waals surface area (Å²) in [4.78, 5) is 0. The van der Waals surface area contributed by atoms with Gasteiger partial charge in [0.2, 0.25) is 0 Å². The highest BCUT2D eigenvalue weighted by Gasteiger charge is 2.07. The third-order valence-electron chi connectivity index (χ3n) is 2.22. The van der Waals surface area contributed by atoms with Crippen LogP contribution < -0.4 is 4.74 Å². The van der Waals surface area contributed by atoms with Crippen LogP contribution in [0.15, 0.2) is 18.2 Å². The first-order valence-electron chi connectivity index (χ1n) is 4.88. The Bertz CT molecular complexity index is 284. The van der Waals surface area contributed by atoms with Crippen LogP contribution in [-0.4, -0.2) is 7.11 Å². The number of hydrogen-bond acceptors (Lipinski definition) is 1. The van der Waals surface area contributed by atoms with Crippen LogP contribution in [0.4, 0.5) is 4.39 Å². The van der Waals surface area contributed by atoms with Crippen LogP contribution in [0, 0.1) is 12.2 Å². The maximum atomic E-state index is 13.4. The predicted octanol–water partition coefficient (Wildman–Crippen LogP) is 3.38. The zero-order valence-electron chi connectivity index (χ0n) is 8.72. The Morgan fingerprint density at radius 3 is 2.86 bits per heavy atom. The number of hydrogen-bond donors (Lipinski definition) is 0. The summed E-state index contributed by atoms with van der Waals surface area (Å²) in [7, 11) is 1.57. The molecule has 0 aromatic heterocycles. The molecule has 0 atom stereocenters. The molecule has 0 spiro atoms. The monoisotopic (exact) mass is 195 g/mol. The highest BCUT2D eigenvalue weighted by atomic mass is 19.1. The molecule has 0 N–H and O–H groups in total. The van der Waals surface area contributed by atoms with Crippen LogP contribution in [0.1, 0.15) is 25.3 Å². The van der Waals surface area contributed by atoms with E-state index < -0.39 is 0 Å². The van der Waals surface area contributed by atoms with E-state index in [-0.39, 0.29) is 5.82 Å². The van der Waals surface area contributed by atoms with Gasteiger partial charge < -0.3 is 4.74 Å². The summed E-state index contributed by atoms with van der Waals surface area (Å²) in [6.07, 6.45) is 4.80. The van der Waals surface area contributed by atoms with E-state index in [1.165, 1.54) is 6.07 Å². The lowest BCUT2D eigenvalue weighted by Gasteiger charge is -2.08. The van der Waals surface area contributed by atoms with Crippen LogP contribution in [0.3, 0.4) is 0 Å². The summed E-state index contributed by atoms with van der Waals surface area (Å²) in [5, 5.41) is 0. The second kappa shape index (κ2) is 5.63. The third-order valence-corrected chi connectivity index (χ3v) is 2.22. The molecule has 0 heterocycles. The van der Waals surface area contributed by atoms with Gasteiger partial charge in [-0.2, -0.15) is 0 Å². The molecule has 0 aliphatic rings. The van der Waals surface area contributed by atoms with Crippen LogP contribution >= 0.6 is 0 Å². The lowest BCUT2D eigenvalue weighted by Crippen LogP contribution is -1.96. The molecule has 0 amide bonds. The smallest absolute Gasteiger partial charge is 0.130 e. The van der Waals surface area contributed by atoms with Gasteiger partial charge in [0.05, 0.1) is 7.11 Å². The molecule has 0 unspecified atom stereocenters. The van der Waals surface area contributed by atoms with Gasteiger partial charge in [0.15, 0.2) is 0 Å². The zero-order valence-corrected chi connectivity index (χ0v) is 8.72. The molecule has 0 fully saturated rings. The normalized spacial score (nSPS) is 10.2. The van der Waals surface area contributed by atoms with Crippen LogP contribution in [-0.2, 0) is 6.42 Å². The van der Waals surface area contributed by atoms with Crippen LogP contribution in [0.5, 0.6) is 5.75 Å². The quantitative estimate of drug-likeness (QED) is 0.654. The Balaban J connectivity index is 2.72. The molecule has 0 aliphatic carbocycles. The van der Waals surface area contributed by atoms with Gasteiger partial charge >= 0.3 is 0 Å². The van der Waals surface area contributed by atoms with E-state index in [0.717, 1.165) is 19.3 Å². The molecule has 1 rings (SSSR count). The maximum absolute atomic E-state index is 13.4. The average Bonchev–Trinajstić information content (AvgIpc) is 2.20. The van der Waals surface area contributed by atoms with E-state index in [2.05, 4.69) is 6.42 Å². The van der Waals surface area contributed by atoms with Gasteiger partial charge in [-0.05, 0) is 31.4 Å². The number of benzene rings is 1. The fourth-order valence-electron chi connectivity index (χ4n) is 1.46. The van der Waals surface area contributed by atoms with E-state index in [0.29, 0.717) is 11.3 Å². The van der Waals surface area contributed by atoms with Crippen molar-refractivity contribution in [2.75, 3.05) is 7.11 Å². The number of unbranched alkanes of at least 4 members (excludes halogenated alkanes) is 2. The lowest BCUT2D eigenvalue weighted by molar-refractivity contribution is 0.403. The molecule has 14 heavy (non-hydrogen) atoms. The van der Waals surface area contributed by atoms with Gasteiger partial charge in [-0.15, -0.1) is 0 Å². The summed E-state index contributed by atoms with van der Waals surface area (Å²) >= 11 is 0. The van der Waals surface area contributed by atoms with Crippen molar-refractivity contribution in [1.82, 2.24) is 0 Å². The van der Waals surface area contributed by atoms with E-state index in [1.54, 1.807) is 19.2 Å². The highest BCUT2D eigenvalue weighted by molar-refractivity contribution is 5.34. The first kappa shape index (κ1) is 11.0. The lowest BCUT2D eigenvalue weighted by atomic mass is 10.1.